The summed E-state index contributed by atoms with van der Waals surface area (Å²) < 4.78 is 13.2. The maximum atomic E-state index is 13.2. The molecule has 1 rings (SSSR count). The summed E-state index contributed by atoms with van der Waals surface area (Å²) in [7, 11) is 0. The van der Waals surface area contributed by atoms with Crippen LogP contribution >= 0.6 is 0 Å². The normalized spacial score (nSPS) is 11.8. The highest BCUT2D eigenvalue weighted by Gasteiger charge is 2.19. The van der Waals surface area contributed by atoms with Gasteiger partial charge in [-0.25, -0.2) is 4.39 Å². The van der Waals surface area contributed by atoms with Crippen molar-refractivity contribution >= 4 is 11.8 Å². The van der Waals surface area contributed by atoms with Crippen LogP contribution in [0, 0.1) is 5.82 Å². The van der Waals surface area contributed by atoms with Gasteiger partial charge < -0.3 is 10.2 Å². The molecule has 0 saturated carbocycles. The molecule has 0 radical (unpaired) electrons. The summed E-state index contributed by atoms with van der Waals surface area (Å²) in [5, 5.41) is 2.67. The number of halogens is 1. The lowest BCUT2D eigenvalue weighted by Crippen LogP contribution is -2.45. The molecule has 0 aliphatic carbocycles. The van der Waals surface area contributed by atoms with Gasteiger partial charge in [-0.2, -0.15) is 0 Å². The van der Waals surface area contributed by atoms with E-state index in [-0.39, 0.29) is 36.6 Å². The molecule has 0 bridgehead atoms. The second-order valence-corrected chi connectivity index (χ2v) is 6.52. The summed E-state index contributed by atoms with van der Waals surface area (Å²) in [5.41, 5.74) is 0.601. The highest BCUT2D eigenvalue weighted by molar-refractivity contribution is 5.85. The van der Waals surface area contributed by atoms with Crippen LogP contribution in [0.2, 0.25) is 0 Å². The van der Waals surface area contributed by atoms with E-state index in [9.17, 15) is 14.0 Å². The Kier molecular flexibility index (Phi) is 9.81. The van der Waals surface area contributed by atoms with Gasteiger partial charge in [-0.15, -0.1) is 0 Å². The van der Waals surface area contributed by atoms with Crippen LogP contribution in [-0.4, -0.2) is 35.8 Å². The lowest BCUT2D eigenvalue weighted by atomic mass is 10.1. The smallest absolute Gasteiger partial charge is 0.242 e. The number of nitrogens with zero attached hydrogens (tertiary/aromatic N) is 1. The number of amides is 2. The zero-order valence-corrected chi connectivity index (χ0v) is 15.7. The fourth-order valence-electron chi connectivity index (χ4n) is 2.87. The molecule has 1 unspecified atom stereocenters. The van der Waals surface area contributed by atoms with E-state index in [1.807, 2.05) is 4.90 Å². The minimum atomic E-state index is -0.364. The van der Waals surface area contributed by atoms with Crippen LogP contribution in [0.25, 0.3) is 0 Å². The van der Waals surface area contributed by atoms with Gasteiger partial charge in [0.05, 0.1) is 13.0 Å². The number of carbonyl (C=O) groups is 2. The largest absolute Gasteiger partial charge is 0.347 e. The predicted octanol–water partition coefficient (Wildman–Crippen LogP) is 3.69. The van der Waals surface area contributed by atoms with Gasteiger partial charge in [-0.05, 0) is 37.5 Å². The third kappa shape index (κ3) is 8.14. The molecule has 25 heavy (non-hydrogen) atoms. The molecule has 0 spiro atoms. The van der Waals surface area contributed by atoms with Crippen LogP contribution < -0.4 is 5.32 Å². The van der Waals surface area contributed by atoms with Crippen molar-refractivity contribution in [3.63, 3.8) is 0 Å². The number of carbonyl (C=O) groups excluding carboxylic acids is 2. The Balaban J connectivity index is 2.52. The van der Waals surface area contributed by atoms with Gasteiger partial charge in [0.2, 0.25) is 11.8 Å². The minimum absolute atomic E-state index is 0.00563. The van der Waals surface area contributed by atoms with Gasteiger partial charge in [0.15, 0.2) is 0 Å². The van der Waals surface area contributed by atoms with Crippen molar-refractivity contribution in [1.29, 1.82) is 0 Å². The van der Waals surface area contributed by atoms with Gasteiger partial charge in [-0.3, -0.25) is 9.59 Å². The van der Waals surface area contributed by atoms with E-state index in [0.29, 0.717) is 5.56 Å². The average Bonchev–Trinajstić information content (AvgIpc) is 2.57. The molecule has 0 heterocycles. The van der Waals surface area contributed by atoms with Crippen LogP contribution in [0.1, 0.15) is 58.4 Å². The standard InChI is InChI=1S/C20H31FN2O2/c1-4-6-7-12-23(16(3)9-5-2)20(25)15-22-19(24)14-17-10-8-11-18(21)13-17/h8,10-11,13,16H,4-7,9,12,14-15H2,1-3H3,(H,22,24). The fraction of sp³-hybridized carbons (Fsp3) is 0.600. The quantitative estimate of drug-likeness (QED) is 0.619. The van der Waals surface area contributed by atoms with Crippen molar-refractivity contribution in [1.82, 2.24) is 10.2 Å². The molecule has 0 aromatic heterocycles. The first-order valence-corrected chi connectivity index (χ1v) is 9.28. The van der Waals surface area contributed by atoms with Crippen LogP contribution in [0.3, 0.4) is 0 Å². The summed E-state index contributed by atoms with van der Waals surface area (Å²) in [6.07, 6.45) is 5.22. The molecule has 1 atom stereocenters. The molecule has 0 saturated heterocycles. The molecular weight excluding hydrogens is 319 g/mol. The third-order valence-corrected chi connectivity index (χ3v) is 4.25. The Morgan fingerprint density at radius 2 is 1.96 bits per heavy atom. The number of benzene rings is 1. The van der Waals surface area contributed by atoms with E-state index >= 15 is 0 Å². The first-order chi connectivity index (χ1) is 12.0. The van der Waals surface area contributed by atoms with E-state index in [1.54, 1.807) is 12.1 Å². The van der Waals surface area contributed by atoms with Crippen molar-refractivity contribution in [2.24, 2.45) is 0 Å². The highest BCUT2D eigenvalue weighted by atomic mass is 19.1. The Morgan fingerprint density at radius 1 is 1.20 bits per heavy atom. The zero-order chi connectivity index (χ0) is 18.7. The van der Waals surface area contributed by atoms with Gasteiger partial charge >= 0.3 is 0 Å². The van der Waals surface area contributed by atoms with Crippen molar-refractivity contribution in [2.75, 3.05) is 13.1 Å². The molecule has 4 nitrogen and oxygen atoms in total. The lowest BCUT2D eigenvalue weighted by molar-refractivity contribution is -0.134. The van der Waals surface area contributed by atoms with Crippen molar-refractivity contribution in [2.45, 2.75) is 65.3 Å². The molecule has 1 N–H and O–H groups in total. The molecule has 0 fully saturated rings. The molecule has 140 valence electrons. The lowest BCUT2D eigenvalue weighted by Gasteiger charge is -2.29. The molecular formula is C20H31FN2O2. The maximum Gasteiger partial charge on any atom is 0.242 e. The number of unbranched alkanes of at least 4 members (excludes halogenated alkanes) is 2. The maximum absolute atomic E-state index is 13.2. The van der Waals surface area contributed by atoms with Crippen LogP contribution in [0.5, 0.6) is 0 Å². The van der Waals surface area contributed by atoms with Gasteiger partial charge in [0, 0.05) is 12.6 Å². The van der Waals surface area contributed by atoms with Crippen molar-refractivity contribution in [3.8, 4) is 0 Å². The number of hydrogen-bond donors (Lipinski definition) is 1. The molecule has 5 heteroatoms. The Morgan fingerprint density at radius 3 is 2.60 bits per heavy atom. The summed E-state index contributed by atoms with van der Waals surface area (Å²) in [6.45, 7) is 7.02. The van der Waals surface area contributed by atoms with Crippen LogP contribution in [-0.2, 0) is 16.0 Å². The van der Waals surface area contributed by atoms with Gasteiger partial charge in [-0.1, -0.05) is 45.2 Å². The Hall–Kier alpha value is -1.91. The Labute approximate surface area is 150 Å². The monoisotopic (exact) mass is 350 g/mol. The Bertz CT molecular complexity index is 548. The third-order valence-electron chi connectivity index (χ3n) is 4.25. The molecule has 0 aliphatic rings. The fourth-order valence-corrected chi connectivity index (χ4v) is 2.87. The highest BCUT2D eigenvalue weighted by Crippen LogP contribution is 2.09. The SMILES string of the molecule is CCCCCN(C(=O)CNC(=O)Cc1cccc(F)c1)C(C)CCC. The summed E-state index contributed by atoms with van der Waals surface area (Å²) in [6, 6.07) is 6.13. The van der Waals surface area contributed by atoms with E-state index in [4.69, 9.17) is 0 Å². The minimum Gasteiger partial charge on any atom is -0.347 e. The molecule has 1 aromatic rings. The number of hydrogen-bond acceptors (Lipinski definition) is 2. The average molecular weight is 350 g/mol. The van der Waals surface area contributed by atoms with E-state index in [1.165, 1.54) is 12.1 Å². The topological polar surface area (TPSA) is 49.4 Å². The van der Waals surface area contributed by atoms with Gasteiger partial charge in [0.1, 0.15) is 5.82 Å². The van der Waals surface area contributed by atoms with Gasteiger partial charge in [0.25, 0.3) is 0 Å². The number of rotatable bonds is 11. The van der Waals surface area contributed by atoms with E-state index in [2.05, 4.69) is 26.1 Å². The molecule has 1 aromatic carbocycles. The van der Waals surface area contributed by atoms with Crippen LogP contribution in [0.15, 0.2) is 24.3 Å². The first kappa shape index (κ1) is 21.1. The van der Waals surface area contributed by atoms with Crippen molar-refractivity contribution < 1.29 is 14.0 Å². The summed E-state index contributed by atoms with van der Waals surface area (Å²) in [4.78, 5) is 26.4. The van der Waals surface area contributed by atoms with E-state index in [0.717, 1.165) is 38.6 Å². The van der Waals surface area contributed by atoms with E-state index < -0.39 is 0 Å². The first-order valence-electron chi connectivity index (χ1n) is 9.28. The van der Waals surface area contributed by atoms with Crippen molar-refractivity contribution in [3.05, 3.63) is 35.6 Å². The summed E-state index contributed by atoms with van der Waals surface area (Å²) >= 11 is 0. The van der Waals surface area contributed by atoms with Crippen LogP contribution in [0.4, 0.5) is 4.39 Å². The molecule has 2 amide bonds. The zero-order valence-electron chi connectivity index (χ0n) is 15.7. The predicted molar refractivity (Wildman–Crippen MR) is 98.7 cm³/mol. The number of nitrogens with one attached hydrogen (secondary N) is 1. The second kappa shape index (κ2) is 11.6. The second-order valence-electron chi connectivity index (χ2n) is 6.52. The summed E-state index contributed by atoms with van der Waals surface area (Å²) in [5.74, 6) is -0.683. The molecule has 0 aliphatic heterocycles.